The number of fused-ring (bicyclic) bond motifs is 1. The maximum absolute atomic E-state index is 12.8. The molecule has 148 valence electrons. The molecule has 1 aliphatic rings. The number of halogens is 1. The van der Waals surface area contributed by atoms with E-state index in [0.29, 0.717) is 42.1 Å². The molecule has 3 heterocycles. The van der Waals surface area contributed by atoms with E-state index >= 15 is 0 Å². The van der Waals surface area contributed by atoms with Crippen molar-refractivity contribution in [3.05, 3.63) is 50.7 Å². The van der Waals surface area contributed by atoms with E-state index in [1.807, 2.05) is 18.7 Å². The van der Waals surface area contributed by atoms with Crippen molar-refractivity contribution in [2.45, 2.75) is 45.6 Å². The first-order chi connectivity index (χ1) is 13.4. The van der Waals surface area contributed by atoms with Crippen LogP contribution in [0.3, 0.4) is 0 Å². The van der Waals surface area contributed by atoms with Crippen LogP contribution in [-0.2, 0) is 11.2 Å². The van der Waals surface area contributed by atoms with Gasteiger partial charge in [-0.05, 0) is 56.9 Å². The van der Waals surface area contributed by atoms with Crippen LogP contribution in [0.25, 0.3) is 11.1 Å². The van der Waals surface area contributed by atoms with Gasteiger partial charge in [-0.3, -0.25) is 14.5 Å². The molecule has 2 aromatic heterocycles. The van der Waals surface area contributed by atoms with E-state index in [2.05, 4.69) is 10.2 Å². The Kier molecular flexibility index (Phi) is 5.02. The topological polar surface area (TPSA) is 84.1 Å². The van der Waals surface area contributed by atoms with Gasteiger partial charge in [-0.2, -0.15) is 5.10 Å². The van der Waals surface area contributed by atoms with Crippen LogP contribution in [0.5, 0.6) is 0 Å². The molecule has 7 nitrogen and oxygen atoms in total. The fourth-order valence-corrected chi connectivity index (χ4v) is 4.24. The lowest BCUT2D eigenvalue weighted by Gasteiger charge is -2.33. The zero-order valence-corrected chi connectivity index (χ0v) is 16.8. The van der Waals surface area contributed by atoms with Crippen molar-refractivity contribution in [2.75, 3.05) is 13.1 Å². The summed E-state index contributed by atoms with van der Waals surface area (Å²) in [5.41, 5.74) is 4.25. The molecule has 0 bridgehead atoms. The van der Waals surface area contributed by atoms with Crippen molar-refractivity contribution in [2.24, 2.45) is 0 Å². The van der Waals surface area contributed by atoms with Crippen LogP contribution in [0.1, 0.15) is 42.3 Å². The number of benzene rings is 1. The summed E-state index contributed by atoms with van der Waals surface area (Å²) < 4.78 is 7.00. The number of piperidine rings is 1. The van der Waals surface area contributed by atoms with Gasteiger partial charge in [-0.15, -0.1) is 0 Å². The SMILES string of the molecule is Cc1n[nH]c(C)c1CCC(=O)N1CCC[C@H](n2c(=O)oc3ccc(Cl)cc32)C1. The number of aryl methyl sites for hydroxylation is 2. The van der Waals surface area contributed by atoms with Gasteiger partial charge in [0.15, 0.2) is 5.58 Å². The molecule has 0 aliphatic carbocycles. The molecule has 1 atom stereocenters. The first-order valence-electron chi connectivity index (χ1n) is 9.53. The average Bonchev–Trinajstić information content (AvgIpc) is 3.17. The molecule has 8 heteroatoms. The van der Waals surface area contributed by atoms with E-state index in [0.717, 1.165) is 29.8 Å². The lowest BCUT2D eigenvalue weighted by Crippen LogP contribution is -2.42. The number of hydrogen-bond donors (Lipinski definition) is 1. The molecule has 3 aromatic rings. The third-order valence-corrected chi connectivity index (χ3v) is 5.79. The van der Waals surface area contributed by atoms with Crippen LogP contribution in [0, 0.1) is 13.8 Å². The lowest BCUT2D eigenvalue weighted by atomic mass is 10.0. The highest BCUT2D eigenvalue weighted by molar-refractivity contribution is 6.31. The summed E-state index contributed by atoms with van der Waals surface area (Å²) in [6.45, 7) is 5.13. The Bertz CT molecular complexity index is 1060. The number of rotatable bonds is 4. The number of oxazole rings is 1. The summed E-state index contributed by atoms with van der Waals surface area (Å²) in [5, 5.41) is 7.70. The minimum Gasteiger partial charge on any atom is -0.408 e. The number of hydrogen-bond acceptors (Lipinski definition) is 4. The van der Waals surface area contributed by atoms with Gasteiger partial charge in [-0.1, -0.05) is 11.6 Å². The van der Waals surface area contributed by atoms with Crippen LogP contribution in [0.15, 0.2) is 27.4 Å². The van der Waals surface area contributed by atoms with Gasteiger partial charge in [0.1, 0.15) is 0 Å². The lowest BCUT2D eigenvalue weighted by molar-refractivity contribution is -0.132. The first kappa shape index (κ1) is 18.8. The van der Waals surface area contributed by atoms with Crippen LogP contribution in [-0.4, -0.2) is 38.7 Å². The van der Waals surface area contributed by atoms with Crippen molar-refractivity contribution in [1.29, 1.82) is 0 Å². The standard InChI is InChI=1S/C20H23ClN4O3/c1-12-16(13(2)23-22-12)6-8-19(26)24-9-3-4-15(11-24)25-17-10-14(21)5-7-18(17)28-20(25)27/h5,7,10,15H,3-4,6,8-9,11H2,1-2H3,(H,22,23)/t15-/m0/s1. The predicted octanol–water partition coefficient (Wildman–Crippen LogP) is 3.38. The van der Waals surface area contributed by atoms with Gasteiger partial charge in [0.2, 0.25) is 5.91 Å². The molecule has 0 spiro atoms. The highest BCUT2D eigenvalue weighted by Gasteiger charge is 2.28. The highest BCUT2D eigenvalue weighted by atomic mass is 35.5. The summed E-state index contributed by atoms with van der Waals surface area (Å²) >= 11 is 6.10. The third-order valence-electron chi connectivity index (χ3n) is 5.56. The summed E-state index contributed by atoms with van der Waals surface area (Å²) in [5.74, 6) is -0.301. The normalized spacial score (nSPS) is 17.4. The van der Waals surface area contributed by atoms with E-state index in [-0.39, 0.29) is 11.9 Å². The molecular weight excluding hydrogens is 380 g/mol. The average molecular weight is 403 g/mol. The molecule has 0 saturated carbocycles. The number of aromatic nitrogens is 3. The fraction of sp³-hybridized carbons (Fsp3) is 0.450. The maximum atomic E-state index is 12.8. The van der Waals surface area contributed by atoms with Gasteiger partial charge in [0, 0.05) is 30.2 Å². The second-order valence-electron chi connectivity index (χ2n) is 7.40. The number of aromatic amines is 1. The number of nitrogens with zero attached hydrogens (tertiary/aromatic N) is 3. The number of carbonyl (C=O) groups excluding carboxylic acids is 1. The minimum absolute atomic E-state index is 0.101. The molecule has 1 aliphatic heterocycles. The molecule has 28 heavy (non-hydrogen) atoms. The number of carbonyl (C=O) groups is 1. The zero-order valence-electron chi connectivity index (χ0n) is 16.0. The van der Waals surface area contributed by atoms with E-state index in [1.54, 1.807) is 22.8 Å². The fourth-order valence-electron chi connectivity index (χ4n) is 4.08. The quantitative estimate of drug-likeness (QED) is 0.725. The van der Waals surface area contributed by atoms with Gasteiger partial charge < -0.3 is 9.32 Å². The summed E-state index contributed by atoms with van der Waals surface area (Å²) in [6, 6.07) is 5.04. The van der Waals surface area contributed by atoms with Gasteiger partial charge in [-0.25, -0.2) is 4.79 Å². The smallest absolute Gasteiger partial charge is 0.408 e. The van der Waals surface area contributed by atoms with E-state index in [4.69, 9.17) is 16.0 Å². The maximum Gasteiger partial charge on any atom is 0.420 e. The molecule has 0 unspecified atom stereocenters. The number of H-pyrrole nitrogens is 1. The molecule has 0 radical (unpaired) electrons. The predicted molar refractivity (Wildman–Crippen MR) is 107 cm³/mol. The second-order valence-corrected chi connectivity index (χ2v) is 7.83. The molecular formula is C20H23ClN4O3. The molecule has 4 rings (SSSR count). The largest absolute Gasteiger partial charge is 0.420 e. The molecule has 1 fully saturated rings. The zero-order chi connectivity index (χ0) is 19.8. The first-order valence-corrected chi connectivity index (χ1v) is 9.90. The molecule has 1 amide bonds. The van der Waals surface area contributed by atoms with Gasteiger partial charge in [0.05, 0.1) is 17.3 Å². The summed E-state index contributed by atoms with van der Waals surface area (Å²) in [6.07, 6.45) is 2.77. The van der Waals surface area contributed by atoms with Crippen molar-refractivity contribution in [1.82, 2.24) is 19.7 Å². The Hall–Kier alpha value is -2.54. The Morgan fingerprint density at radius 1 is 1.39 bits per heavy atom. The van der Waals surface area contributed by atoms with Gasteiger partial charge in [0.25, 0.3) is 0 Å². The van der Waals surface area contributed by atoms with Crippen molar-refractivity contribution in [3.8, 4) is 0 Å². The summed E-state index contributed by atoms with van der Waals surface area (Å²) in [7, 11) is 0. The van der Waals surface area contributed by atoms with Crippen LogP contribution in [0.4, 0.5) is 0 Å². The highest BCUT2D eigenvalue weighted by Crippen LogP contribution is 2.27. The van der Waals surface area contributed by atoms with Crippen molar-refractivity contribution >= 4 is 28.6 Å². The van der Waals surface area contributed by atoms with Crippen LogP contribution in [0.2, 0.25) is 5.02 Å². The van der Waals surface area contributed by atoms with Crippen LogP contribution >= 0.6 is 11.6 Å². The summed E-state index contributed by atoms with van der Waals surface area (Å²) in [4.78, 5) is 27.1. The third kappa shape index (κ3) is 3.46. The monoisotopic (exact) mass is 402 g/mol. The van der Waals surface area contributed by atoms with E-state index in [9.17, 15) is 9.59 Å². The van der Waals surface area contributed by atoms with E-state index in [1.165, 1.54) is 0 Å². The molecule has 1 aromatic carbocycles. The molecule has 1 saturated heterocycles. The van der Waals surface area contributed by atoms with Gasteiger partial charge >= 0.3 is 5.76 Å². The Balaban J connectivity index is 1.50. The van der Waals surface area contributed by atoms with Crippen molar-refractivity contribution < 1.29 is 9.21 Å². The second kappa shape index (κ2) is 7.47. The van der Waals surface area contributed by atoms with Crippen LogP contribution < -0.4 is 5.76 Å². The number of amides is 1. The Labute approximate surface area is 167 Å². The molecule has 1 N–H and O–H groups in total. The minimum atomic E-state index is -0.402. The number of nitrogens with one attached hydrogen (secondary N) is 1. The Morgan fingerprint density at radius 2 is 2.21 bits per heavy atom. The Morgan fingerprint density at radius 3 is 2.96 bits per heavy atom. The van der Waals surface area contributed by atoms with Crippen molar-refractivity contribution in [3.63, 3.8) is 0 Å². The van der Waals surface area contributed by atoms with E-state index < -0.39 is 5.76 Å². The number of likely N-dealkylation sites (tertiary alicyclic amines) is 1.